The van der Waals surface area contributed by atoms with Crippen molar-refractivity contribution in [3.8, 4) is 17.5 Å². The van der Waals surface area contributed by atoms with Crippen LogP contribution in [0.25, 0.3) is 22.1 Å². The number of rotatable bonds is 6. The summed E-state index contributed by atoms with van der Waals surface area (Å²) in [7, 11) is -2.45. The number of aryl methyl sites for hydroxylation is 3. The van der Waals surface area contributed by atoms with Crippen LogP contribution in [0.5, 0.6) is 0 Å². The molecule has 242 valence electrons. The molecule has 0 unspecified atom stereocenters. The molecule has 0 radical (unpaired) electrons. The normalized spacial score (nSPS) is 13.5. The summed E-state index contributed by atoms with van der Waals surface area (Å²) in [6, 6.07) is 14.1. The van der Waals surface area contributed by atoms with Crippen molar-refractivity contribution < 1.29 is 13.2 Å². The topological polar surface area (TPSA) is 171 Å². The van der Waals surface area contributed by atoms with Gasteiger partial charge in [-0.05, 0) is 73.4 Å². The molecule has 4 heterocycles. The van der Waals surface area contributed by atoms with Crippen LogP contribution in [0.3, 0.4) is 0 Å². The Morgan fingerprint density at radius 1 is 1.04 bits per heavy atom. The van der Waals surface area contributed by atoms with E-state index in [1.54, 1.807) is 28.4 Å². The van der Waals surface area contributed by atoms with E-state index < -0.39 is 22.2 Å². The minimum Gasteiger partial charge on any atom is -0.344 e. The third-order valence-electron chi connectivity index (χ3n) is 8.36. The maximum atomic E-state index is 14.8. The largest absolute Gasteiger partial charge is 0.344 e. The van der Waals surface area contributed by atoms with Gasteiger partial charge in [-0.25, -0.2) is 14.6 Å². The number of hydrogen-bond acceptors (Lipinski definition) is 7. The summed E-state index contributed by atoms with van der Waals surface area (Å²) in [6.07, 6.45) is 9.78. The molecule has 1 aliphatic carbocycles. The average molecular weight is 662 g/mol. The summed E-state index contributed by atoms with van der Waals surface area (Å²) in [6.45, 7) is 1.80. The third kappa shape index (κ3) is 5.70. The second-order valence-electron chi connectivity index (χ2n) is 11.7. The standard InChI is InChI=1S/C34H31N9O4S/c1-21(38-33(44)29-31(40-48(35,46)47)39-42-18-8-17-36-32(29)42)30-26-12-7-6-9-23-15-16-24(14-13-22-19-37-41(2)20-22)28(27(23)26)34(45)43(30)25-10-4-3-5-11-25/h3-5,8,10-11,15-21H,6-7,9,12H2,1-2H3,(H,38,44)(H,39,40)(H2,35,46,47)/t21-/m1/s1. The molecule has 4 aromatic heterocycles. The highest BCUT2D eigenvalue weighted by atomic mass is 32.2. The van der Waals surface area contributed by atoms with Crippen molar-refractivity contribution in [3.63, 3.8) is 0 Å². The number of hydrogen-bond donors (Lipinski definition) is 3. The number of para-hydroxylation sites is 1. The van der Waals surface area contributed by atoms with Gasteiger partial charge in [-0.2, -0.15) is 13.5 Å². The Morgan fingerprint density at radius 2 is 1.83 bits per heavy atom. The molecule has 14 heteroatoms. The predicted molar refractivity (Wildman–Crippen MR) is 181 cm³/mol. The summed E-state index contributed by atoms with van der Waals surface area (Å²) in [4.78, 5) is 33.1. The molecule has 0 saturated heterocycles. The van der Waals surface area contributed by atoms with E-state index in [2.05, 4.69) is 37.1 Å². The number of aromatic nitrogens is 6. The van der Waals surface area contributed by atoms with Crippen molar-refractivity contribution in [2.24, 2.45) is 12.2 Å². The SMILES string of the molecule is C[C@@H](NC(=O)c1c(NS(N)(=O)=O)nn2cccnc12)c1c2c3c(ccc(C#Cc4cnn(C)c4)c3c(=O)n1-c1ccccc1)CCCC2. The summed E-state index contributed by atoms with van der Waals surface area (Å²) in [5, 5.41) is 18.0. The van der Waals surface area contributed by atoms with Crippen molar-refractivity contribution in [3.05, 3.63) is 117 Å². The fraction of sp³-hybridized carbons (Fsp3) is 0.206. The highest BCUT2D eigenvalue weighted by Gasteiger charge is 2.29. The molecule has 0 bridgehead atoms. The van der Waals surface area contributed by atoms with Crippen LogP contribution in [0.2, 0.25) is 0 Å². The van der Waals surface area contributed by atoms with Crippen LogP contribution >= 0.6 is 0 Å². The zero-order valence-corrected chi connectivity index (χ0v) is 27.0. The molecule has 1 atom stereocenters. The Labute approximate surface area is 275 Å². The first-order valence-electron chi connectivity index (χ1n) is 15.3. The van der Waals surface area contributed by atoms with Crippen LogP contribution in [0.4, 0.5) is 5.82 Å². The number of carbonyl (C=O) groups is 1. The Morgan fingerprint density at radius 3 is 2.58 bits per heavy atom. The molecular formula is C34H31N9O4S. The average Bonchev–Trinajstić information content (AvgIpc) is 3.56. The predicted octanol–water partition coefficient (Wildman–Crippen LogP) is 3.15. The number of benzene rings is 2. The Balaban J connectivity index is 1.44. The van der Waals surface area contributed by atoms with Gasteiger partial charge in [0.25, 0.3) is 21.7 Å². The van der Waals surface area contributed by atoms with E-state index in [0.29, 0.717) is 28.8 Å². The fourth-order valence-corrected chi connectivity index (χ4v) is 6.85. The monoisotopic (exact) mass is 661 g/mol. The number of pyridine rings is 1. The van der Waals surface area contributed by atoms with E-state index in [9.17, 15) is 18.0 Å². The van der Waals surface area contributed by atoms with Gasteiger partial charge in [0, 0.05) is 36.9 Å². The van der Waals surface area contributed by atoms with E-state index in [1.165, 1.54) is 16.9 Å². The smallest absolute Gasteiger partial charge is 0.297 e. The van der Waals surface area contributed by atoms with Gasteiger partial charge in [0.15, 0.2) is 11.5 Å². The lowest BCUT2D eigenvalue weighted by Gasteiger charge is -2.25. The van der Waals surface area contributed by atoms with Crippen LogP contribution in [-0.4, -0.2) is 43.3 Å². The van der Waals surface area contributed by atoms with E-state index in [1.807, 2.05) is 55.7 Å². The lowest BCUT2D eigenvalue weighted by molar-refractivity contribution is 0.0941. The summed E-state index contributed by atoms with van der Waals surface area (Å²) in [5.74, 6) is 5.48. The van der Waals surface area contributed by atoms with Gasteiger partial charge in [0.05, 0.1) is 28.9 Å². The molecule has 48 heavy (non-hydrogen) atoms. The number of carbonyl (C=O) groups excluding carboxylic acids is 1. The number of nitrogens with zero attached hydrogens (tertiary/aromatic N) is 6. The summed E-state index contributed by atoms with van der Waals surface area (Å²) < 4.78 is 30.7. The van der Waals surface area contributed by atoms with Gasteiger partial charge < -0.3 is 5.32 Å². The number of amides is 1. The fourth-order valence-electron chi connectivity index (χ4n) is 6.43. The molecule has 0 spiro atoms. The van der Waals surface area contributed by atoms with Gasteiger partial charge in [0.2, 0.25) is 0 Å². The molecular weight excluding hydrogens is 631 g/mol. The Kier molecular flexibility index (Phi) is 7.78. The molecule has 7 rings (SSSR count). The summed E-state index contributed by atoms with van der Waals surface area (Å²) in [5.41, 5.74) is 4.35. The van der Waals surface area contributed by atoms with Gasteiger partial charge >= 0.3 is 0 Å². The van der Waals surface area contributed by atoms with Gasteiger partial charge in [-0.15, -0.1) is 5.10 Å². The number of anilines is 1. The lowest BCUT2D eigenvalue weighted by atomic mass is 9.92. The first-order chi connectivity index (χ1) is 23.1. The molecule has 6 aromatic rings. The van der Waals surface area contributed by atoms with Crippen LogP contribution in [0.1, 0.15) is 64.1 Å². The minimum absolute atomic E-state index is 0.106. The highest BCUT2D eigenvalue weighted by Crippen LogP contribution is 2.35. The number of nitrogens with one attached hydrogen (secondary N) is 2. The molecule has 2 aromatic carbocycles. The molecule has 1 amide bonds. The van der Waals surface area contributed by atoms with Crippen LogP contribution in [0.15, 0.2) is 78.1 Å². The van der Waals surface area contributed by atoms with Gasteiger partial charge in [-0.3, -0.25) is 23.6 Å². The molecule has 0 saturated carbocycles. The van der Waals surface area contributed by atoms with Crippen LogP contribution < -0.4 is 20.7 Å². The zero-order valence-electron chi connectivity index (χ0n) is 26.1. The highest BCUT2D eigenvalue weighted by molar-refractivity contribution is 7.90. The zero-order chi connectivity index (χ0) is 33.6. The van der Waals surface area contributed by atoms with Crippen molar-refractivity contribution in [1.82, 2.24) is 34.3 Å². The van der Waals surface area contributed by atoms with Crippen LogP contribution in [0, 0.1) is 11.8 Å². The van der Waals surface area contributed by atoms with Gasteiger partial charge in [-0.1, -0.05) is 36.1 Å². The molecule has 4 N–H and O–H groups in total. The first-order valence-corrected chi connectivity index (χ1v) is 16.9. The van der Waals surface area contributed by atoms with Crippen molar-refractivity contribution in [2.75, 3.05) is 4.72 Å². The molecule has 1 aliphatic rings. The number of nitrogens with two attached hydrogens (primary N) is 1. The molecule has 13 nitrogen and oxygen atoms in total. The molecule has 0 aliphatic heterocycles. The maximum Gasteiger partial charge on any atom is 0.297 e. The van der Waals surface area contributed by atoms with Crippen molar-refractivity contribution >= 4 is 38.4 Å². The third-order valence-corrected chi connectivity index (χ3v) is 8.84. The Bertz CT molecular complexity index is 2470. The van der Waals surface area contributed by atoms with E-state index in [-0.39, 0.29) is 22.6 Å². The summed E-state index contributed by atoms with van der Waals surface area (Å²) >= 11 is 0. The number of fused-ring (bicyclic) bond motifs is 1. The van der Waals surface area contributed by atoms with E-state index in [4.69, 9.17) is 5.14 Å². The Hall–Kier alpha value is -5.78. The van der Waals surface area contributed by atoms with E-state index >= 15 is 0 Å². The van der Waals surface area contributed by atoms with Crippen LogP contribution in [-0.2, 0) is 30.1 Å². The van der Waals surface area contributed by atoms with Crippen molar-refractivity contribution in [1.29, 1.82) is 0 Å². The lowest BCUT2D eigenvalue weighted by Crippen LogP contribution is -2.34. The second kappa shape index (κ2) is 12.1. The maximum absolute atomic E-state index is 14.8. The minimum atomic E-state index is -4.27. The molecule has 0 fully saturated rings. The van der Waals surface area contributed by atoms with Crippen molar-refractivity contribution in [2.45, 2.75) is 38.6 Å². The first kappa shape index (κ1) is 30.9. The second-order valence-corrected chi connectivity index (χ2v) is 13.0. The van der Waals surface area contributed by atoms with E-state index in [0.717, 1.165) is 41.3 Å². The quantitative estimate of drug-likeness (QED) is 0.230. The van der Waals surface area contributed by atoms with Gasteiger partial charge in [0.1, 0.15) is 5.56 Å².